The van der Waals surface area contributed by atoms with Gasteiger partial charge in [-0.1, -0.05) is 24.6 Å². The van der Waals surface area contributed by atoms with Crippen molar-refractivity contribution in [1.82, 2.24) is 8.87 Å². The van der Waals surface area contributed by atoms with Crippen molar-refractivity contribution in [3.8, 4) is 17.2 Å². The Labute approximate surface area is 258 Å². The Morgan fingerprint density at radius 3 is 2.64 bits per heavy atom. The molecule has 1 aliphatic carbocycles. The number of benzene rings is 1. The van der Waals surface area contributed by atoms with Crippen molar-refractivity contribution < 1.29 is 37.3 Å². The molecule has 4 atom stereocenters. The molecule has 0 saturated carbocycles. The molecule has 6 rings (SSSR count). The fourth-order valence-electron chi connectivity index (χ4n) is 6.84. The number of carbonyl (C=O) groups excluding carboxylic acids is 2. The number of sulfonamides is 1. The Balaban J connectivity index is 1.22. The third-order valence-corrected chi connectivity index (χ3v) is 11.2. The fourth-order valence-corrected chi connectivity index (χ4v) is 8.55. The van der Waals surface area contributed by atoms with E-state index >= 15 is 0 Å². The third kappa shape index (κ3) is 4.63. The molecule has 2 aromatic rings. The SMILES string of the molecule is COc1cc(OC)c2c(c1Cl)OC1(C2=O)C(O)=C(C=NCCS(=O)(=O)N2C[C@H]3C[C@@H](C2)c2cccc(=O)n2C3)C(=O)CC1C. The van der Waals surface area contributed by atoms with Crippen LogP contribution in [0.2, 0.25) is 5.02 Å². The normalized spacial score (nSPS) is 26.6. The van der Waals surface area contributed by atoms with Gasteiger partial charge in [0, 0.05) is 61.9 Å². The van der Waals surface area contributed by atoms with E-state index in [1.165, 1.54) is 30.7 Å². The summed E-state index contributed by atoms with van der Waals surface area (Å²) in [5.74, 6) is -2.53. The maximum Gasteiger partial charge on any atom is 0.250 e. The maximum atomic E-state index is 13.8. The smallest absolute Gasteiger partial charge is 0.250 e. The Hall–Kier alpha value is -3.68. The van der Waals surface area contributed by atoms with Crippen molar-refractivity contribution in [2.24, 2.45) is 16.8 Å². The van der Waals surface area contributed by atoms with Crippen molar-refractivity contribution in [1.29, 1.82) is 0 Å². The highest BCUT2D eigenvalue weighted by Gasteiger charge is 2.61. The molecule has 1 fully saturated rings. The summed E-state index contributed by atoms with van der Waals surface area (Å²) in [7, 11) is -0.950. The van der Waals surface area contributed by atoms with E-state index in [0.717, 1.165) is 18.3 Å². The van der Waals surface area contributed by atoms with Crippen LogP contribution in [0.4, 0.5) is 0 Å². The van der Waals surface area contributed by atoms with Crippen LogP contribution in [0.15, 0.2) is 45.4 Å². The molecule has 1 aromatic carbocycles. The number of methoxy groups -OCH3 is 2. The van der Waals surface area contributed by atoms with Crippen molar-refractivity contribution in [3.05, 3.63) is 62.2 Å². The second kappa shape index (κ2) is 11.0. The van der Waals surface area contributed by atoms with Gasteiger partial charge in [0.2, 0.25) is 21.4 Å². The maximum absolute atomic E-state index is 13.8. The number of aliphatic imine (C=N–C) groups is 1. The number of ketones is 2. The van der Waals surface area contributed by atoms with Gasteiger partial charge < -0.3 is 23.9 Å². The van der Waals surface area contributed by atoms with Crippen LogP contribution in [-0.4, -0.2) is 85.4 Å². The number of rotatable bonds is 7. The van der Waals surface area contributed by atoms with E-state index in [2.05, 4.69) is 4.99 Å². The molecule has 12 nitrogen and oxygen atoms in total. The molecule has 0 radical (unpaired) electrons. The predicted octanol–water partition coefficient (Wildman–Crippen LogP) is 2.77. The number of allylic oxidation sites excluding steroid dienone is 1. The Kier molecular flexibility index (Phi) is 7.61. The van der Waals surface area contributed by atoms with Crippen LogP contribution in [0, 0.1) is 11.8 Å². The minimum absolute atomic E-state index is 0.0169. The molecule has 14 heteroatoms. The van der Waals surface area contributed by atoms with Crippen molar-refractivity contribution in [2.75, 3.05) is 39.6 Å². The van der Waals surface area contributed by atoms with Gasteiger partial charge in [-0.05, 0) is 18.4 Å². The van der Waals surface area contributed by atoms with E-state index < -0.39 is 38.9 Å². The van der Waals surface area contributed by atoms with Crippen LogP contribution in [0.3, 0.4) is 0 Å². The Bertz CT molecular complexity index is 1800. The van der Waals surface area contributed by atoms with Crippen molar-refractivity contribution >= 4 is 39.4 Å². The number of halogens is 1. The van der Waals surface area contributed by atoms with Crippen LogP contribution in [0.5, 0.6) is 17.2 Å². The number of carbonyl (C=O) groups is 2. The summed E-state index contributed by atoms with van der Waals surface area (Å²) in [4.78, 5) is 43.3. The molecular weight excluding hydrogens is 614 g/mol. The number of hydrogen-bond acceptors (Lipinski definition) is 10. The number of pyridine rings is 1. The number of nitrogens with zero attached hydrogens (tertiary/aromatic N) is 3. The van der Waals surface area contributed by atoms with Gasteiger partial charge in [0.15, 0.2) is 17.3 Å². The Morgan fingerprint density at radius 2 is 1.91 bits per heavy atom. The average Bonchev–Trinajstić information content (AvgIpc) is 3.31. The molecule has 1 saturated heterocycles. The molecule has 4 heterocycles. The number of fused-ring (bicyclic) bond motifs is 5. The first-order valence-electron chi connectivity index (χ1n) is 14.3. The van der Waals surface area contributed by atoms with Gasteiger partial charge in [-0.2, -0.15) is 0 Å². The second-order valence-electron chi connectivity index (χ2n) is 11.6. The van der Waals surface area contributed by atoms with Crippen LogP contribution < -0.4 is 19.8 Å². The quantitative estimate of drug-likeness (QED) is 0.448. The topological polar surface area (TPSA) is 154 Å². The van der Waals surface area contributed by atoms with Gasteiger partial charge in [0.05, 0.1) is 32.1 Å². The summed E-state index contributed by atoms with van der Waals surface area (Å²) in [5.41, 5.74) is -1.40. The highest BCUT2D eigenvalue weighted by atomic mass is 35.5. The molecule has 1 N–H and O–H groups in total. The first kappa shape index (κ1) is 30.4. The summed E-state index contributed by atoms with van der Waals surface area (Å²) < 4.78 is 46.5. The number of hydrogen-bond donors (Lipinski definition) is 1. The van der Waals surface area contributed by atoms with Gasteiger partial charge in [-0.25, -0.2) is 12.7 Å². The average molecular weight is 646 g/mol. The molecule has 4 aliphatic rings. The molecule has 1 aromatic heterocycles. The molecule has 2 unspecified atom stereocenters. The molecule has 44 heavy (non-hydrogen) atoms. The largest absolute Gasteiger partial charge is 0.507 e. The number of aliphatic hydroxyl groups is 1. The number of ether oxygens (including phenoxy) is 3. The van der Waals surface area contributed by atoms with Crippen LogP contribution in [-0.2, 0) is 21.4 Å². The highest BCUT2D eigenvalue weighted by molar-refractivity contribution is 7.89. The van der Waals surface area contributed by atoms with Crippen molar-refractivity contribution in [2.45, 2.75) is 37.8 Å². The van der Waals surface area contributed by atoms with E-state index in [9.17, 15) is 27.9 Å². The Morgan fingerprint density at radius 1 is 1.16 bits per heavy atom. The lowest BCUT2D eigenvalue weighted by Gasteiger charge is -2.42. The zero-order valence-electron chi connectivity index (χ0n) is 24.4. The van der Waals surface area contributed by atoms with E-state index in [1.807, 2.05) is 6.07 Å². The lowest BCUT2D eigenvalue weighted by atomic mass is 9.73. The number of piperidine rings is 1. The minimum atomic E-state index is -3.71. The van der Waals surface area contributed by atoms with Gasteiger partial charge in [-0.15, -0.1) is 0 Å². The van der Waals surface area contributed by atoms with E-state index in [-0.39, 0.29) is 76.1 Å². The van der Waals surface area contributed by atoms with Gasteiger partial charge in [0.25, 0.3) is 5.56 Å². The second-order valence-corrected chi connectivity index (χ2v) is 14.1. The number of aromatic nitrogens is 1. The van der Waals surface area contributed by atoms with Crippen LogP contribution in [0.25, 0.3) is 0 Å². The van der Waals surface area contributed by atoms with Gasteiger partial charge >= 0.3 is 0 Å². The minimum Gasteiger partial charge on any atom is -0.507 e. The van der Waals surface area contributed by atoms with E-state index in [0.29, 0.717) is 13.1 Å². The molecule has 234 valence electrons. The zero-order valence-corrected chi connectivity index (χ0v) is 26.0. The van der Waals surface area contributed by atoms with Gasteiger partial charge in [0.1, 0.15) is 22.1 Å². The molecule has 0 amide bonds. The van der Waals surface area contributed by atoms with Crippen LogP contribution in [0.1, 0.15) is 41.7 Å². The summed E-state index contributed by atoms with van der Waals surface area (Å²) >= 11 is 6.46. The first-order chi connectivity index (χ1) is 20.9. The fraction of sp³-hybridized carbons (Fsp3) is 0.467. The highest BCUT2D eigenvalue weighted by Crippen LogP contribution is 2.54. The standard InChI is InChI=1S/C30H32ClN3O9S/c1-16-9-21(35)19(28(37)30(16)29(38)25-22(41-2)11-23(42-3)26(31)27(25)43-30)12-32-7-8-44(39,40)33-13-17-10-18(15-33)20-5-4-6-24(36)34(20)14-17/h4-6,11-12,16-18,37H,7-10,13-15H2,1-3H3/t16?,17-,18+,30?/m1/s1. The first-order valence-corrected chi connectivity index (χ1v) is 16.2. The molecular formula is C30H32ClN3O9S. The predicted molar refractivity (Wildman–Crippen MR) is 161 cm³/mol. The third-order valence-electron chi connectivity index (χ3n) is 9.05. The zero-order chi connectivity index (χ0) is 31.6. The summed E-state index contributed by atoms with van der Waals surface area (Å²) in [5, 5.41) is 11.4. The van der Waals surface area contributed by atoms with Crippen LogP contribution >= 0.6 is 11.6 Å². The summed E-state index contributed by atoms with van der Waals surface area (Å²) in [6.07, 6.45) is 1.78. The summed E-state index contributed by atoms with van der Waals surface area (Å²) in [6, 6.07) is 6.52. The summed E-state index contributed by atoms with van der Waals surface area (Å²) in [6.45, 7) is 2.49. The lowest BCUT2D eigenvalue weighted by molar-refractivity contribution is -0.118. The van der Waals surface area contributed by atoms with Crippen molar-refractivity contribution in [3.63, 3.8) is 0 Å². The van der Waals surface area contributed by atoms with E-state index in [1.54, 1.807) is 17.6 Å². The molecule has 2 bridgehead atoms. The number of aliphatic hydroxyl groups excluding tert-OH is 1. The lowest BCUT2D eigenvalue weighted by Crippen LogP contribution is -2.52. The van der Waals surface area contributed by atoms with Gasteiger partial charge in [-0.3, -0.25) is 19.4 Å². The molecule has 1 spiro atoms. The number of Topliss-reactive ketones (excluding diaryl/α,β-unsaturated/α-hetero) is 2. The van der Waals surface area contributed by atoms with E-state index in [4.69, 9.17) is 25.8 Å². The molecule has 3 aliphatic heterocycles. The monoisotopic (exact) mass is 645 g/mol.